The predicted molar refractivity (Wildman–Crippen MR) is 91.1 cm³/mol. The van der Waals surface area contributed by atoms with Crippen molar-refractivity contribution in [3.05, 3.63) is 54.5 Å². The van der Waals surface area contributed by atoms with E-state index in [1.54, 1.807) is 30.5 Å². The second-order valence-electron chi connectivity index (χ2n) is 5.90. The summed E-state index contributed by atoms with van der Waals surface area (Å²) in [6.45, 7) is 2.50. The highest BCUT2D eigenvalue weighted by molar-refractivity contribution is 7.91. The Kier molecular flexibility index (Phi) is 5.98. The molecule has 1 N–H and O–H groups in total. The number of likely N-dealkylation sites (N-methyl/N-ethyl adjacent to an activating group) is 1. The van der Waals surface area contributed by atoms with Gasteiger partial charge in [-0.25, -0.2) is 8.42 Å². The zero-order valence-corrected chi connectivity index (χ0v) is 14.6. The van der Waals surface area contributed by atoms with Crippen LogP contribution in [0, 0.1) is 0 Å². The van der Waals surface area contributed by atoms with Crippen LogP contribution in [0.1, 0.15) is 18.7 Å². The minimum Gasteiger partial charge on any atom is -0.468 e. The minimum absolute atomic E-state index is 0.0619. The Morgan fingerprint density at radius 3 is 2.39 bits per heavy atom. The van der Waals surface area contributed by atoms with Gasteiger partial charge in [0.25, 0.3) is 0 Å². The van der Waals surface area contributed by atoms with E-state index in [9.17, 15) is 8.42 Å². The second-order valence-corrected chi connectivity index (χ2v) is 7.93. The van der Waals surface area contributed by atoms with E-state index < -0.39 is 9.84 Å². The molecule has 2 rings (SSSR count). The van der Waals surface area contributed by atoms with E-state index in [1.165, 1.54) is 0 Å². The van der Waals surface area contributed by atoms with E-state index in [2.05, 4.69) is 5.32 Å². The molecule has 1 aromatic carbocycles. The third-order valence-corrected chi connectivity index (χ3v) is 5.66. The number of nitrogens with zero attached hydrogens (tertiary/aromatic N) is 1. The fourth-order valence-electron chi connectivity index (χ4n) is 2.44. The number of rotatable bonds is 8. The van der Waals surface area contributed by atoms with Gasteiger partial charge >= 0.3 is 0 Å². The van der Waals surface area contributed by atoms with E-state index in [4.69, 9.17) is 4.42 Å². The maximum absolute atomic E-state index is 12.4. The van der Waals surface area contributed by atoms with Crippen molar-refractivity contribution in [2.45, 2.75) is 23.9 Å². The van der Waals surface area contributed by atoms with E-state index in [0.29, 0.717) is 11.4 Å². The van der Waals surface area contributed by atoms with Crippen molar-refractivity contribution in [1.82, 2.24) is 10.2 Å². The lowest BCUT2D eigenvalue weighted by Gasteiger charge is -2.24. The Bertz CT molecular complexity index is 682. The van der Waals surface area contributed by atoms with Crippen LogP contribution >= 0.6 is 0 Å². The number of sulfone groups is 1. The van der Waals surface area contributed by atoms with Crippen molar-refractivity contribution < 1.29 is 12.8 Å². The molecule has 0 amide bonds. The molecule has 0 aliphatic carbocycles. The van der Waals surface area contributed by atoms with Crippen molar-refractivity contribution >= 4 is 9.84 Å². The summed E-state index contributed by atoms with van der Waals surface area (Å²) < 4.78 is 30.2. The molecular formula is C17H24N2O3S. The van der Waals surface area contributed by atoms with Gasteiger partial charge in [0.15, 0.2) is 9.84 Å². The number of furan rings is 1. The second kappa shape index (κ2) is 7.77. The van der Waals surface area contributed by atoms with E-state index >= 15 is 0 Å². The average Bonchev–Trinajstić information content (AvgIpc) is 3.01. The standard InChI is InChI=1S/C17H24N2O3S/c1-14(13-23(20,21)15-8-5-4-6-9-15)18-12-16(19(2)3)17-10-7-11-22-17/h4-11,14,16,18H,12-13H2,1-3H3/t14-,16-/m1/s1. The molecule has 0 spiro atoms. The third kappa shape index (κ3) is 4.92. The Morgan fingerprint density at radius 2 is 1.83 bits per heavy atom. The van der Waals surface area contributed by atoms with E-state index in [-0.39, 0.29) is 17.8 Å². The molecule has 0 bridgehead atoms. The van der Waals surface area contributed by atoms with Crippen LogP contribution in [0.4, 0.5) is 0 Å². The molecule has 1 heterocycles. The van der Waals surface area contributed by atoms with Crippen LogP contribution < -0.4 is 5.32 Å². The first-order valence-electron chi connectivity index (χ1n) is 7.61. The van der Waals surface area contributed by atoms with Crippen molar-refractivity contribution in [3.8, 4) is 0 Å². The van der Waals surface area contributed by atoms with Crippen molar-refractivity contribution in [2.24, 2.45) is 0 Å². The highest BCUT2D eigenvalue weighted by Crippen LogP contribution is 2.18. The predicted octanol–water partition coefficient (Wildman–Crippen LogP) is 2.33. The molecule has 5 nitrogen and oxygen atoms in total. The maximum Gasteiger partial charge on any atom is 0.179 e. The van der Waals surface area contributed by atoms with Gasteiger partial charge in [0, 0.05) is 12.6 Å². The zero-order valence-electron chi connectivity index (χ0n) is 13.8. The number of nitrogens with one attached hydrogen (secondary N) is 1. The number of hydrogen-bond donors (Lipinski definition) is 1. The van der Waals surface area contributed by atoms with Crippen molar-refractivity contribution in [2.75, 3.05) is 26.4 Å². The fraction of sp³-hybridized carbons (Fsp3) is 0.412. The molecule has 0 aliphatic heterocycles. The van der Waals surface area contributed by atoms with Crippen LogP contribution in [0.5, 0.6) is 0 Å². The first-order valence-corrected chi connectivity index (χ1v) is 9.26. The van der Waals surface area contributed by atoms with E-state index in [0.717, 1.165) is 5.76 Å². The molecule has 126 valence electrons. The largest absolute Gasteiger partial charge is 0.468 e. The lowest BCUT2D eigenvalue weighted by atomic mass is 10.2. The molecule has 0 saturated carbocycles. The monoisotopic (exact) mass is 336 g/mol. The van der Waals surface area contributed by atoms with Gasteiger partial charge < -0.3 is 9.73 Å². The summed E-state index contributed by atoms with van der Waals surface area (Å²) in [6, 6.07) is 12.2. The smallest absolute Gasteiger partial charge is 0.179 e. The van der Waals surface area contributed by atoms with Gasteiger partial charge in [0.2, 0.25) is 0 Å². The summed E-state index contributed by atoms with van der Waals surface area (Å²) in [5, 5.41) is 3.30. The first kappa shape index (κ1) is 17.7. The molecule has 1 aromatic heterocycles. The van der Waals surface area contributed by atoms with Gasteiger partial charge in [-0.15, -0.1) is 0 Å². The van der Waals surface area contributed by atoms with Gasteiger partial charge in [-0.1, -0.05) is 18.2 Å². The van der Waals surface area contributed by atoms with Crippen LogP contribution in [-0.4, -0.2) is 45.8 Å². The van der Waals surface area contributed by atoms with Gasteiger partial charge in [-0.2, -0.15) is 0 Å². The Balaban J connectivity index is 1.95. The van der Waals surface area contributed by atoms with Crippen molar-refractivity contribution in [3.63, 3.8) is 0 Å². The van der Waals surface area contributed by atoms with Crippen LogP contribution in [0.2, 0.25) is 0 Å². The summed E-state index contributed by atoms with van der Waals surface area (Å²) in [7, 11) is 0.664. The first-order chi connectivity index (χ1) is 10.9. The summed E-state index contributed by atoms with van der Waals surface area (Å²) in [6.07, 6.45) is 1.65. The SMILES string of the molecule is C[C@H](CS(=O)(=O)c1ccccc1)NC[C@H](c1ccco1)N(C)C. The van der Waals surface area contributed by atoms with Gasteiger partial charge in [-0.3, -0.25) is 4.90 Å². The molecule has 0 saturated heterocycles. The van der Waals surface area contributed by atoms with Crippen LogP contribution in [0.15, 0.2) is 58.0 Å². The summed E-state index contributed by atoms with van der Waals surface area (Å²) in [5.41, 5.74) is 0. The molecule has 6 heteroatoms. The Hall–Kier alpha value is -1.63. The topological polar surface area (TPSA) is 62.6 Å². The molecule has 2 atom stereocenters. The quantitative estimate of drug-likeness (QED) is 0.802. The highest BCUT2D eigenvalue weighted by Gasteiger charge is 2.21. The highest BCUT2D eigenvalue weighted by atomic mass is 32.2. The van der Waals surface area contributed by atoms with Crippen molar-refractivity contribution in [1.29, 1.82) is 0 Å². The number of hydrogen-bond acceptors (Lipinski definition) is 5. The summed E-state index contributed by atoms with van der Waals surface area (Å²) in [5.74, 6) is 0.926. The van der Waals surface area contributed by atoms with Gasteiger partial charge in [0.05, 0.1) is 23.0 Å². The molecule has 0 fully saturated rings. The average molecular weight is 336 g/mol. The zero-order chi connectivity index (χ0) is 16.9. The van der Waals surface area contributed by atoms with Gasteiger partial charge in [0.1, 0.15) is 5.76 Å². The summed E-state index contributed by atoms with van der Waals surface area (Å²) in [4.78, 5) is 2.41. The van der Waals surface area contributed by atoms with Crippen LogP contribution in [0.3, 0.4) is 0 Å². The lowest BCUT2D eigenvalue weighted by Crippen LogP contribution is -2.39. The maximum atomic E-state index is 12.4. The Labute approximate surface area is 138 Å². The molecule has 2 aromatic rings. The molecule has 23 heavy (non-hydrogen) atoms. The molecule has 0 aliphatic rings. The van der Waals surface area contributed by atoms with Crippen LogP contribution in [0.25, 0.3) is 0 Å². The molecular weight excluding hydrogens is 312 g/mol. The lowest BCUT2D eigenvalue weighted by molar-refractivity contribution is 0.246. The Morgan fingerprint density at radius 1 is 1.13 bits per heavy atom. The third-order valence-electron chi connectivity index (χ3n) is 3.73. The number of benzene rings is 1. The molecule has 0 radical (unpaired) electrons. The normalized spacial score (nSPS) is 14.8. The van der Waals surface area contributed by atoms with Gasteiger partial charge in [-0.05, 0) is 45.3 Å². The minimum atomic E-state index is -3.28. The summed E-state index contributed by atoms with van der Waals surface area (Å²) >= 11 is 0. The van der Waals surface area contributed by atoms with E-state index in [1.807, 2.05) is 44.1 Å². The fourth-order valence-corrected chi connectivity index (χ4v) is 3.98. The van der Waals surface area contributed by atoms with Crippen LogP contribution in [-0.2, 0) is 9.84 Å². The molecule has 0 unspecified atom stereocenters.